The smallest absolute Gasteiger partial charge is 0.351 e. The van der Waals surface area contributed by atoms with E-state index in [-0.39, 0.29) is 12.5 Å². The summed E-state index contributed by atoms with van der Waals surface area (Å²) in [5, 5.41) is 2.97. The molecule has 0 aliphatic heterocycles. The van der Waals surface area contributed by atoms with E-state index < -0.39 is 14.2 Å². The second kappa shape index (κ2) is 21.2. The Kier molecular flexibility index (Phi) is 18.3. The standard InChI is InChI=1S/C33H54NO5P/c1-2-3-4-5-6-7-8-9-10-11-12-13-14-15-19-22-33(35)34-32(28-39-40(36,37)38)27-29-23-25-31(26-24-29)30-20-17-16-18-21-30/h9-10,20,23-26,32,36-38H,2-8,11-19,21-22,27-28H2,1H3/p+1/b10-9-/t32-/m1/s1. The second-order valence-corrected chi connectivity index (χ2v) is 12.6. The predicted molar refractivity (Wildman–Crippen MR) is 168 cm³/mol. The Balaban J connectivity index is 1.62. The largest absolute Gasteiger partial charge is 0.567 e. The van der Waals surface area contributed by atoms with Crippen molar-refractivity contribution >= 4 is 19.7 Å². The van der Waals surface area contributed by atoms with Crippen molar-refractivity contribution in [3.05, 3.63) is 53.6 Å². The molecule has 0 saturated carbocycles. The van der Waals surface area contributed by atoms with Gasteiger partial charge in [-0.25, -0.2) is 0 Å². The van der Waals surface area contributed by atoms with Crippen molar-refractivity contribution in [2.24, 2.45) is 0 Å². The van der Waals surface area contributed by atoms with Crippen LogP contribution in [0.4, 0.5) is 0 Å². The van der Waals surface area contributed by atoms with Crippen LogP contribution in [-0.2, 0) is 15.7 Å². The Bertz CT molecular complexity index is 863. The van der Waals surface area contributed by atoms with Gasteiger partial charge in [-0.1, -0.05) is 101 Å². The molecule has 1 aliphatic rings. The molecule has 0 saturated heterocycles. The molecule has 0 heterocycles. The normalized spacial score (nSPS) is 14.8. The minimum Gasteiger partial charge on any atom is -0.351 e. The number of hydrogen-bond donors (Lipinski definition) is 4. The molecule has 0 unspecified atom stereocenters. The van der Waals surface area contributed by atoms with Gasteiger partial charge in [0.25, 0.3) is 0 Å². The summed E-state index contributed by atoms with van der Waals surface area (Å²) in [6, 6.07) is 7.86. The third-order valence-electron chi connectivity index (χ3n) is 7.58. The van der Waals surface area contributed by atoms with Crippen molar-refractivity contribution < 1.29 is 24.0 Å². The highest BCUT2D eigenvalue weighted by molar-refractivity contribution is 7.53. The predicted octanol–water partition coefficient (Wildman–Crippen LogP) is 8.38. The number of nitrogens with one attached hydrogen (secondary N) is 1. The molecule has 0 spiro atoms. The Labute approximate surface area is 244 Å². The van der Waals surface area contributed by atoms with E-state index in [1.807, 2.05) is 12.1 Å². The van der Waals surface area contributed by atoms with Gasteiger partial charge in [0.15, 0.2) is 0 Å². The van der Waals surface area contributed by atoms with Crippen molar-refractivity contribution in [3.63, 3.8) is 0 Å². The fourth-order valence-corrected chi connectivity index (χ4v) is 5.62. The van der Waals surface area contributed by atoms with Gasteiger partial charge in [-0.2, -0.15) is 19.2 Å². The minimum absolute atomic E-state index is 0.0760. The average molecular weight is 577 g/mol. The molecular weight excluding hydrogens is 521 g/mol. The molecule has 6 nitrogen and oxygen atoms in total. The summed E-state index contributed by atoms with van der Waals surface area (Å²) in [7, 11) is -4.36. The summed E-state index contributed by atoms with van der Waals surface area (Å²) in [5.74, 6) is -0.0760. The summed E-state index contributed by atoms with van der Waals surface area (Å²) < 4.78 is 4.86. The van der Waals surface area contributed by atoms with Crippen LogP contribution in [0.3, 0.4) is 0 Å². The molecular formula is C33H55NO5P+. The number of benzene rings is 1. The second-order valence-electron chi connectivity index (χ2n) is 11.3. The number of hydrogen-bond acceptors (Lipinski definition) is 5. The van der Waals surface area contributed by atoms with Crippen molar-refractivity contribution in [2.75, 3.05) is 6.61 Å². The maximum absolute atomic E-state index is 12.6. The first-order valence-corrected chi connectivity index (χ1v) is 17.4. The van der Waals surface area contributed by atoms with Gasteiger partial charge in [0.2, 0.25) is 5.91 Å². The van der Waals surface area contributed by atoms with Gasteiger partial charge in [0, 0.05) is 6.42 Å². The summed E-state index contributed by atoms with van der Waals surface area (Å²) >= 11 is 0. The molecule has 0 fully saturated rings. The lowest BCUT2D eigenvalue weighted by Gasteiger charge is -2.19. The van der Waals surface area contributed by atoms with Crippen LogP contribution in [-0.4, -0.2) is 33.2 Å². The molecule has 226 valence electrons. The maximum atomic E-state index is 12.6. The molecule has 1 aromatic carbocycles. The minimum atomic E-state index is -4.36. The van der Waals surface area contributed by atoms with E-state index >= 15 is 0 Å². The van der Waals surface area contributed by atoms with Gasteiger partial charge in [-0.15, -0.1) is 0 Å². The van der Waals surface area contributed by atoms with Gasteiger partial charge in [0.1, 0.15) is 6.61 Å². The summed E-state index contributed by atoms with van der Waals surface area (Å²) in [4.78, 5) is 40.4. The zero-order valence-electron chi connectivity index (χ0n) is 24.9. The van der Waals surface area contributed by atoms with Gasteiger partial charge in [-0.3, -0.25) is 4.79 Å². The monoisotopic (exact) mass is 576 g/mol. The summed E-state index contributed by atoms with van der Waals surface area (Å²) in [6.07, 6.45) is 28.4. The first-order valence-electron chi connectivity index (χ1n) is 15.8. The quantitative estimate of drug-likeness (QED) is 0.0631. The Hall–Kier alpha value is -1.56. The van der Waals surface area contributed by atoms with E-state index in [4.69, 9.17) is 4.52 Å². The lowest BCUT2D eigenvalue weighted by Crippen LogP contribution is -2.39. The van der Waals surface area contributed by atoms with Crippen molar-refractivity contribution in [1.29, 1.82) is 0 Å². The zero-order chi connectivity index (χ0) is 28.9. The molecule has 1 amide bonds. The molecule has 4 N–H and O–H groups in total. The van der Waals surface area contributed by atoms with Crippen LogP contribution >= 0.6 is 8.17 Å². The van der Waals surface area contributed by atoms with Gasteiger partial charge >= 0.3 is 8.17 Å². The van der Waals surface area contributed by atoms with Crippen LogP contribution in [0, 0.1) is 0 Å². The van der Waals surface area contributed by atoms with Crippen LogP contribution < -0.4 is 5.32 Å². The van der Waals surface area contributed by atoms with E-state index in [0.29, 0.717) is 12.8 Å². The van der Waals surface area contributed by atoms with Crippen LogP contribution in [0.1, 0.15) is 134 Å². The fraction of sp³-hybridized carbons (Fsp3) is 0.667. The third-order valence-corrected chi connectivity index (χ3v) is 8.07. The fourth-order valence-electron chi connectivity index (χ4n) is 5.24. The maximum Gasteiger partial charge on any atom is 0.567 e. The molecule has 0 aromatic heterocycles. The van der Waals surface area contributed by atoms with E-state index in [1.165, 1.54) is 81.8 Å². The van der Waals surface area contributed by atoms with Gasteiger partial charge in [0.05, 0.1) is 6.04 Å². The van der Waals surface area contributed by atoms with Crippen LogP contribution in [0.25, 0.3) is 5.57 Å². The molecule has 7 heteroatoms. The summed E-state index contributed by atoms with van der Waals surface area (Å²) in [6.45, 7) is 2.09. The zero-order valence-corrected chi connectivity index (χ0v) is 25.8. The first kappa shape index (κ1) is 34.6. The molecule has 1 atom stereocenters. The first-order chi connectivity index (χ1) is 19.4. The highest BCUT2D eigenvalue weighted by Gasteiger charge is 2.34. The van der Waals surface area contributed by atoms with Crippen LogP contribution in [0.2, 0.25) is 0 Å². The number of carbonyl (C=O) groups is 1. The molecule has 0 radical (unpaired) electrons. The van der Waals surface area contributed by atoms with Gasteiger partial charge < -0.3 is 5.32 Å². The molecule has 2 rings (SSSR count). The highest BCUT2D eigenvalue weighted by Crippen LogP contribution is 2.45. The number of unbranched alkanes of at least 4 members (excludes halogenated alkanes) is 11. The topological polar surface area (TPSA) is 99.0 Å². The molecule has 1 aromatic rings. The number of allylic oxidation sites excluding steroid dienone is 4. The lowest BCUT2D eigenvalue weighted by atomic mass is 9.92. The van der Waals surface area contributed by atoms with Gasteiger partial charge in [-0.05, 0) is 80.9 Å². The SMILES string of the molecule is CCCCCCCC/C=C\CCCCCCCC(=O)N[C@@H](CO[P+](O)(O)O)Cc1ccc(C2=CCCCC2)cc1. The lowest BCUT2D eigenvalue weighted by molar-refractivity contribution is -0.122. The van der Waals surface area contributed by atoms with Crippen molar-refractivity contribution in [2.45, 2.75) is 135 Å². The van der Waals surface area contributed by atoms with Crippen molar-refractivity contribution in [3.8, 4) is 0 Å². The van der Waals surface area contributed by atoms with E-state index in [0.717, 1.165) is 44.1 Å². The Morgan fingerprint density at radius 1 is 0.900 bits per heavy atom. The van der Waals surface area contributed by atoms with E-state index in [2.05, 4.69) is 42.6 Å². The number of carbonyl (C=O) groups excluding carboxylic acids is 1. The number of rotatable bonds is 22. The highest BCUT2D eigenvalue weighted by atomic mass is 31.2. The van der Waals surface area contributed by atoms with E-state index in [1.54, 1.807) is 0 Å². The van der Waals surface area contributed by atoms with Crippen LogP contribution in [0.5, 0.6) is 0 Å². The Morgan fingerprint density at radius 3 is 2.12 bits per heavy atom. The molecule has 40 heavy (non-hydrogen) atoms. The molecule has 1 aliphatic carbocycles. The third kappa shape index (κ3) is 17.3. The van der Waals surface area contributed by atoms with Crippen LogP contribution in [0.15, 0.2) is 42.5 Å². The van der Waals surface area contributed by atoms with Crippen molar-refractivity contribution in [1.82, 2.24) is 5.32 Å². The number of amides is 1. The Morgan fingerprint density at radius 2 is 1.52 bits per heavy atom. The molecule has 0 bridgehead atoms. The van der Waals surface area contributed by atoms with E-state index in [9.17, 15) is 19.5 Å². The summed E-state index contributed by atoms with van der Waals surface area (Å²) in [5.41, 5.74) is 3.64. The average Bonchev–Trinajstić information content (AvgIpc) is 2.94.